The smallest absolute Gasteiger partial charge is 0.0299 e. The third-order valence-electron chi connectivity index (χ3n) is 2.14. The molecule has 0 aliphatic heterocycles. The maximum absolute atomic E-state index is 5.41. The van der Waals surface area contributed by atoms with Gasteiger partial charge >= 0.3 is 0 Å². The number of hydrogen-bond donors (Lipinski definition) is 1. The van der Waals surface area contributed by atoms with Gasteiger partial charge in [0.05, 0.1) is 0 Å². The summed E-state index contributed by atoms with van der Waals surface area (Å²) in [6.45, 7) is 0.826. The van der Waals surface area contributed by atoms with Gasteiger partial charge in [-0.3, -0.25) is 4.98 Å². The molecule has 13 heavy (non-hydrogen) atoms. The summed E-state index contributed by atoms with van der Waals surface area (Å²) < 4.78 is 0. The van der Waals surface area contributed by atoms with Gasteiger partial charge in [-0.2, -0.15) is 0 Å². The highest BCUT2D eigenvalue weighted by atomic mass is 14.6. The van der Waals surface area contributed by atoms with E-state index >= 15 is 0 Å². The van der Waals surface area contributed by atoms with Gasteiger partial charge in [-0.05, 0) is 37.4 Å². The molecule has 2 N–H and O–H groups in total. The molecule has 2 heteroatoms. The van der Waals surface area contributed by atoms with E-state index in [9.17, 15) is 0 Å². The fourth-order valence-corrected chi connectivity index (χ4v) is 1.37. The van der Waals surface area contributed by atoms with E-state index in [0.717, 1.165) is 19.4 Å². The fraction of sp³-hybridized carbons (Fsp3) is 0.545. The third-order valence-corrected chi connectivity index (χ3v) is 2.14. The molecule has 2 nitrogen and oxygen atoms in total. The minimum Gasteiger partial charge on any atom is -0.330 e. The van der Waals surface area contributed by atoms with Crippen molar-refractivity contribution in [1.29, 1.82) is 0 Å². The van der Waals surface area contributed by atoms with Gasteiger partial charge in [0.15, 0.2) is 0 Å². The molecule has 1 rings (SSSR count). The number of rotatable bonds is 6. The van der Waals surface area contributed by atoms with Crippen LogP contribution in [0.25, 0.3) is 0 Å². The molecule has 0 saturated carbocycles. The minimum absolute atomic E-state index is 0.826. The standard InChI is InChI=1S/C11H18N2/c12-8-4-2-1-3-6-11-7-5-9-13-10-11/h5,7,9-10H,1-4,6,8,12H2. The predicted octanol–water partition coefficient (Wildman–Crippen LogP) is 2.14. The Kier molecular flexibility index (Phi) is 5.18. The van der Waals surface area contributed by atoms with E-state index in [2.05, 4.69) is 11.1 Å². The summed E-state index contributed by atoms with van der Waals surface area (Å²) in [5, 5.41) is 0. The molecule has 0 unspecified atom stereocenters. The summed E-state index contributed by atoms with van der Waals surface area (Å²) in [4.78, 5) is 4.08. The Labute approximate surface area is 80.2 Å². The quantitative estimate of drug-likeness (QED) is 0.678. The lowest BCUT2D eigenvalue weighted by molar-refractivity contribution is 0.646. The van der Waals surface area contributed by atoms with Crippen molar-refractivity contribution in [1.82, 2.24) is 4.98 Å². The number of nitrogens with zero attached hydrogens (tertiary/aromatic N) is 1. The maximum Gasteiger partial charge on any atom is 0.0299 e. The van der Waals surface area contributed by atoms with Crippen LogP contribution in [-0.4, -0.2) is 11.5 Å². The van der Waals surface area contributed by atoms with Gasteiger partial charge in [0.1, 0.15) is 0 Å². The number of unbranched alkanes of at least 4 members (excludes halogenated alkanes) is 3. The SMILES string of the molecule is NCCCCCCc1cccnc1. The molecule has 0 bridgehead atoms. The van der Waals surface area contributed by atoms with Gasteiger partial charge in [0.25, 0.3) is 0 Å². The fourth-order valence-electron chi connectivity index (χ4n) is 1.37. The van der Waals surface area contributed by atoms with Crippen molar-refractivity contribution in [2.45, 2.75) is 32.1 Å². The molecule has 0 aromatic carbocycles. The zero-order chi connectivity index (χ0) is 9.36. The van der Waals surface area contributed by atoms with Crippen LogP contribution in [0.5, 0.6) is 0 Å². The third kappa shape index (κ3) is 4.63. The summed E-state index contributed by atoms with van der Waals surface area (Å²) >= 11 is 0. The van der Waals surface area contributed by atoms with Gasteiger partial charge in [0.2, 0.25) is 0 Å². The average Bonchev–Trinajstić information content (AvgIpc) is 2.19. The van der Waals surface area contributed by atoms with Crippen molar-refractivity contribution in [3.05, 3.63) is 30.1 Å². The van der Waals surface area contributed by atoms with E-state index in [1.807, 2.05) is 18.5 Å². The Morgan fingerprint density at radius 2 is 2.00 bits per heavy atom. The van der Waals surface area contributed by atoms with Crippen molar-refractivity contribution in [3.8, 4) is 0 Å². The number of nitrogens with two attached hydrogens (primary N) is 1. The lowest BCUT2D eigenvalue weighted by atomic mass is 10.1. The summed E-state index contributed by atoms with van der Waals surface area (Å²) in [5.74, 6) is 0. The molecule has 0 atom stereocenters. The van der Waals surface area contributed by atoms with Crippen LogP contribution in [0.4, 0.5) is 0 Å². The van der Waals surface area contributed by atoms with E-state index in [1.165, 1.54) is 24.8 Å². The van der Waals surface area contributed by atoms with Crippen LogP contribution in [0.1, 0.15) is 31.2 Å². The van der Waals surface area contributed by atoms with Crippen LogP contribution in [0.3, 0.4) is 0 Å². The molecule has 1 aromatic heterocycles. The Bertz CT molecular complexity index is 209. The topological polar surface area (TPSA) is 38.9 Å². The Balaban J connectivity index is 2.07. The second-order valence-electron chi connectivity index (χ2n) is 3.31. The molecule has 0 saturated heterocycles. The lowest BCUT2D eigenvalue weighted by Crippen LogP contribution is -1.97. The van der Waals surface area contributed by atoms with E-state index in [4.69, 9.17) is 5.73 Å². The first-order valence-corrected chi connectivity index (χ1v) is 5.02. The van der Waals surface area contributed by atoms with Crippen molar-refractivity contribution in [2.24, 2.45) is 5.73 Å². The maximum atomic E-state index is 5.41. The van der Waals surface area contributed by atoms with Crippen molar-refractivity contribution in [3.63, 3.8) is 0 Å². The molecule has 1 heterocycles. The number of aromatic nitrogens is 1. The largest absolute Gasteiger partial charge is 0.330 e. The molecular formula is C11H18N2. The van der Waals surface area contributed by atoms with Gasteiger partial charge in [-0.15, -0.1) is 0 Å². The number of hydrogen-bond acceptors (Lipinski definition) is 2. The normalized spacial score (nSPS) is 10.2. The second kappa shape index (κ2) is 6.61. The highest BCUT2D eigenvalue weighted by Crippen LogP contribution is 2.05. The molecule has 0 fully saturated rings. The summed E-state index contributed by atoms with van der Waals surface area (Å²) in [6, 6.07) is 4.13. The zero-order valence-electron chi connectivity index (χ0n) is 8.08. The molecule has 0 spiro atoms. The monoisotopic (exact) mass is 178 g/mol. The second-order valence-corrected chi connectivity index (χ2v) is 3.31. The molecule has 1 aromatic rings. The van der Waals surface area contributed by atoms with E-state index in [-0.39, 0.29) is 0 Å². The first-order valence-electron chi connectivity index (χ1n) is 5.02. The van der Waals surface area contributed by atoms with Crippen LogP contribution < -0.4 is 5.73 Å². The molecular weight excluding hydrogens is 160 g/mol. The number of pyridine rings is 1. The Hall–Kier alpha value is -0.890. The summed E-state index contributed by atoms with van der Waals surface area (Å²) in [7, 11) is 0. The van der Waals surface area contributed by atoms with E-state index in [1.54, 1.807) is 0 Å². The van der Waals surface area contributed by atoms with Crippen molar-refractivity contribution in [2.75, 3.05) is 6.54 Å². The van der Waals surface area contributed by atoms with Crippen molar-refractivity contribution < 1.29 is 0 Å². The highest BCUT2D eigenvalue weighted by molar-refractivity contribution is 5.08. The number of aryl methyl sites for hydroxylation is 1. The molecule has 0 aliphatic rings. The molecule has 72 valence electrons. The predicted molar refractivity (Wildman–Crippen MR) is 55.5 cm³/mol. The minimum atomic E-state index is 0.826. The zero-order valence-corrected chi connectivity index (χ0v) is 8.08. The first kappa shape index (κ1) is 10.2. The summed E-state index contributed by atoms with van der Waals surface area (Å²) in [6.07, 6.45) is 9.88. The highest BCUT2D eigenvalue weighted by Gasteiger charge is 1.92. The van der Waals surface area contributed by atoms with Gasteiger partial charge in [0, 0.05) is 12.4 Å². The average molecular weight is 178 g/mol. The lowest BCUT2D eigenvalue weighted by Gasteiger charge is -2.00. The van der Waals surface area contributed by atoms with Crippen molar-refractivity contribution >= 4 is 0 Å². The first-order chi connectivity index (χ1) is 6.43. The molecule has 0 aliphatic carbocycles. The van der Waals surface area contributed by atoms with Gasteiger partial charge < -0.3 is 5.73 Å². The van der Waals surface area contributed by atoms with E-state index < -0.39 is 0 Å². The Morgan fingerprint density at radius 1 is 1.15 bits per heavy atom. The molecule has 0 amide bonds. The van der Waals surface area contributed by atoms with Gasteiger partial charge in [-0.1, -0.05) is 18.9 Å². The van der Waals surface area contributed by atoms with E-state index in [0.29, 0.717) is 0 Å². The van der Waals surface area contributed by atoms with Gasteiger partial charge in [-0.25, -0.2) is 0 Å². The molecule has 0 radical (unpaired) electrons. The van der Waals surface area contributed by atoms with Crippen LogP contribution in [-0.2, 0) is 6.42 Å². The van der Waals surface area contributed by atoms with Crippen LogP contribution in [0.2, 0.25) is 0 Å². The van der Waals surface area contributed by atoms with Crippen LogP contribution >= 0.6 is 0 Å². The Morgan fingerprint density at radius 3 is 2.69 bits per heavy atom. The summed E-state index contributed by atoms with van der Waals surface area (Å²) in [5.41, 5.74) is 6.75. The van der Waals surface area contributed by atoms with Crippen LogP contribution in [0, 0.1) is 0 Å². The van der Waals surface area contributed by atoms with Crippen LogP contribution in [0.15, 0.2) is 24.5 Å².